The Bertz CT molecular complexity index is 392. The Morgan fingerprint density at radius 1 is 1.42 bits per heavy atom. The van der Waals surface area contributed by atoms with Crippen molar-refractivity contribution in [1.29, 1.82) is 0 Å². The number of anilines is 1. The fourth-order valence-electron chi connectivity index (χ4n) is 2.62. The highest BCUT2D eigenvalue weighted by Crippen LogP contribution is 2.38. The van der Waals surface area contributed by atoms with Crippen LogP contribution in [0.4, 0.5) is 5.82 Å². The predicted molar refractivity (Wildman–Crippen MR) is 81.5 cm³/mol. The molecule has 2 unspecified atom stereocenters. The maximum absolute atomic E-state index is 4.81. The van der Waals surface area contributed by atoms with E-state index in [0.29, 0.717) is 0 Å². The van der Waals surface area contributed by atoms with E-state index in [0.717, 1.165) is 43.6 Å². The molecule has 1 aromatic heterocycles. The molecule has 0 spiro atoms. The van der Waals surface area contributed by atoms with Gasteiger partial charge >= 0.3 is 0 Å². The molecule has 0 bridgehead atoms. The molecule has 0 saturated heterocycles. The van der Waals surface area contributed by atoms with Crippen LogP contribution < -0.4 is 10.2 Å². The van der Waals surface area contributed by atoms with Crippen LogP contribution >= 0.6 is 0 Å². The molecule has 19 heavy (non-hydrogen) atoms. The second kappa shape index (κ2) is 6.38. The van der Waals surface area contributed by atoms with Crippen molar-refractivity contribution < 1.29 is 0 Å². The highest BCUT2D eigenvalue weighted by molar-refractivity contribution is 5.42. The number of nitrogens with one attached hydrogen (secondary N) is 1. The Morgan fingerprint density at radius 3 is 2.74 bits per heavy atom. The van der Waals surface area contributed by atoms with E-state index < -0.39 is 0 Å². The van der Waals surface area contributed by atoms with E-state index in [9.17, 15) is 0 Å². The summed E-state index contributed by atoms with van der Waals surface area (Å²) in [5.41, 5.74) is 2.56. The highest BCUT2D eigenvalue weighted by Gasteiger charge is 2.33. The first kappa shape index (κ1) is 14.3. The fraction of sp³-hybridized carbons (Fsp3) is 0.688. The number of hydrogen-bond acceptors (Lipinski definition) is 3. The molecular formula is C16H27N3. The average molecular weight is 261 g/mol. The molecule has 0 amide bonds. The van der Waals surface area contributed by atoms with E-state index in [2.05, 4.69) is 43.2 Å². The number of nitrogens with zero attached hydrogens (tertiary/aromatic N) is 2. The lowest BCUT2D eigenvalue weighted by atomic mass is 10.1. The second-order valence-corrected chi connectivity index (χ2v) is 5.96. The van der Waals surface area contributed by atoms with Crippen molar-refractivity contribution in [2.24, 2.45) is 11.8 Å². The van der Waals surface area contributed by atoms with E-state index >= 15 is 0 Å². The van der Waals surface area contributed by atoms with Crippen molar-refractivity contribution in [3.05, 3.63) is 23.4 Å². The average Bonchev–Trinajstić information content (AvgIpc) is 3.05. The van der Waals surface area contributed by atoms with Gasteiger partial charge in [-0.25, -0.2) is 4.98 Å². The van der Waals surface area contributed by atoms with Crippen LogP contribution in [0.25, 0.3) is 0 Å². The zero-order valence-electron chi connectivity index (χ0n) is 12.7. The Hall–Kier alpha value is -1.09. The molecule has 106 valence electrons. The first-order valence-corrected chi connectivity index (χ1v) is 7.49. The standard InChI is InChI=1S/C16H27N3/c1-5-6-15-8-13(10-17-3)9-16(18-15)19(4)11-14-7-12(14)2/h8-9,12,14,17H,5-7,10-11H2,1-4H3. The summed E-state index contributed by atoms with van der Waals surface area (Å²) in [6.07, 6.45) is 3.60. The van der Waals surface area contributed by atoms with Gasteiger partial charge in [-0.1, -0.05) is 20.3 Å². The smallest absolute Gasteiger partial charge is 0.128 e. The van der Waals surface area contributed by atoms with Gasteiger partial charge in [0.1, 0.15) is 5.82 Å². The van der Waals surface area contributed by atoms with Crippen LogP contribution in [0.3, 0.4) is 0 Å². The van der Waals surface area contributed by atoms with E-state index in [-0.39, 0.29) is 0 Å². The van der Waals surface area contributed by atoms with Crippen LogP contribution in [0, 0.1) is 11.8 Å². The van der Waals surface area contributed by atoms with Gasteiger partial charge in [0.15, 0.2) is 0 Å². The molecule has 0 aliphatic heterocycles. The summed E-state index contributed by atoms with van der Waals surface area (Å²) in [6, 6.07) is 4.46. The molecule has 1 aliphatic rings. The monoisotopic (exact) mass is 261 g/mol. The first-order valence-electron chi connectivity index (χ1n) is 7.49. The lowest BCUT2D eigenvalue weighted by Gasteiger charge is -2.20. The van der Waals surface area contributed by atoms with Crippen molar-refractivity contribution >= 4 is 5.82 Å². The summed E-state index contributed by atoms with van der Waals surface area (Å²) in [6.45, 7) is 6.61. The Kier molecular flexibility index (Phi) is 4.81. The number of aromatic nitrogens is 1. The maximum Gasteiger partial charge on any atom is 0.128 e. The molecular weight excluding hydrogens is 234 g/mol. The molecule has 3 nitrogen and oxygen atoms in total. The summed E-state index contributed by atoms with van der Waals surface area (Å²) >= 11 is 0. The SMILES string of the molecule is CCCc1cc(CNC)cc(N(C)CC2CC2C)n1. The zero-order chi connectivity index (χ0) is 13.8. The molecule has 1 fully saturated rings. The largest absolute Gasteiger partial charge is 0.359 e. The van der Waals surface area contributed by atoms with E-state index in [1.807, 2.05) is 7.05 Å². The van der Waals surface area contributed by atoms with Gasteiger partial charge in [-0.05, 0) is 49.4 Å². The maximum atomic E-state index is 4.81. The van der Waals surface area contributed by atoms with Crippen LogP contribution in [-0.2, 0) is 13.0 Å². The molecule has 1 saturated carbocycles. The van der Waals surface area contributed by atoms with Gasteiger partial charge in [-0.3, -0.25) is 0 Å². The molecule has 2 atom stereocenters. The van der Waals surface area contributed by atoms with Crippen molar-refractivity contribution in [2.45, 2.75) is 39.7 Å². The van der Waals surface area contributed by atoms with Gasteiger partial charge in [0.25, 0.3) is 0 Å². The van der Waals surface area contributed by atoms with Gasteiger partial charge in [0.05, 0.1) is 0 Å². The Labute approximate surface area is 117 Å². The summed E-state index contributed by atoms with van der Waals surface area (Å²) in [4.78, 5) is 7.14. The van der Waals surface area contributed by atoms with Crippen molar-refractivity contribution in [3.63, 3.8) is 0 Å². The van der Waals surface area contributed by atoms with Gasteiger partial charge in [-0.15, -0.1) is 0 Å². The molecule has 1 heterocycles. The quantitative estimate of drug-likeness (QED) is 0.818. The van der Waals surface area contributed by atoms with E-state index in [1.165, 1.54) is 17.7 Å². The predicted octanol–water partition coefficient (Wildman–Crippen LogP) is 2.85. The summed E-state index contributed by atoms with van der Waals surface area (Å²) < 4.78 is 0. The normalized spacial score (nSPS) is 21.5. The fourth-order valence-corrected chi connectivity index (χ4v) is 2.62. The minimum atomic E-state index is 0.870. The van der Waals surface area contributed by atoms with Gasteiger partial charge < -0.3 is 10.2 Å². The van der Waals surface area contributed by atoms with Gasteiger partial charge in [0.2, 0.25) is 0 Å². The molecule has 1 aromatic rings. The molecule has 2 rings (SSSR count). The number of pyridine rings is 1. The van der Waals surface area contributed by atoms with Crippen LogP contribution in [0.15, 0.2) is 12.1 Å². The Morgan fingerprint density at radius 2 is 2.16 bits per heavy atom. The van der Waals surface area contributed by atoms with Crippen LogP contribution in [0.2, 0.25) is 0 Å². The van der Waals surface area contributed by atoms with Gasteiger partial charge in [-0.2, -0.15) is 0 Å². The second-order valence-electron chi connectivity index (χ2n) is 5.96. The first-order chi connectivity index (χ1) is 9.13. The third-order valence-corrected chi connectivity index (χ3v) is 3.99. The van der Waals surface area contributed by atoms with Crippen LogP contribution in [0.5, 0.6) is 0 Å². The minimum Gasteiger partial charge on any atom is -0.359 e. The third kappa shape index (κ3) is 3.93. The van der Waals surface area contributed by atoms with Crippen LogP contribution in [0.1, 0.15) is 37.9 Å². The summed E-state index contributed by atoms with van der Waals surface area (Å²) in [7, 11) is 4.17. The third-order valence-electron chi connectivity index (χ3n) is 3.99. The molecule has 1 N–H and O–H groups in total. The molecule has 0 aromatic carbocycles. The number of rotatable bonds is 7. The lowest BCUT2D eigenvalue weighted by Crippen LogP contribution is -2.22. The minimum absolute atomic E-state index is 0.870. The molecule has 3 heteroatoms. The lowest BCUT2D eigenvalue weighted by molar-refractivity contribution is 0.714. The van der Waals surface area contributed by atoms with Crippen molar-refractivity contribution in [2.75, 3.05) is 25.5 Å². The molecule has 1 aliphatic carbocycles. The van der Waals surface area contributed by atoms with E-state index in [1.54, 1.807) is 0 Å². The number of hydrogen-bond donors (Lipinski definition) is 1. The summed E-state index contributed by atoms with van der Waals surface area (Å²) in [5, 5.41) is 3.23. The Balaban J connectivity index is 2.12. The van der Waals surface area contributed by atoms with Crippen LogP contribution in [-0.4, -0.2) is 25.6 Å². The van der Waals surface area contributed by atoms with Crippen molar-refractivity contribution in [3.8, 4) is 0 Å². The van der Waals surface area contributed by atoms with Gasteiger partial charge in [0, 0.05) is 25.8 Å². The summed E-state index contributed by atoms with van der Waals surface area (Å²) in [5.74, 6) is 2.91. The highest BCUT2D eigenvalue weighted by atomic mass is 15.2. The number of aryl methyl sites for hydroxylation is 1. The molecule has 0 radical (unpaired) electrons. The van der Waals surface area contributed by atoms with E-state index in [4.69, 9.17) is 4.98 Å². The zero-order valence-corrected chi connectivity index (χ0v) is 12.7. The van der Waals surface area contributed by atoms with Crippen molar-refractivity contribution in [1.82, 2.24) is 10.3 Å². The topological polar surface area (TPSA) is 28.2 Å².